The minimum atomic E-state index is -1.08. The Morgan fingerprint density at radius 1 is 1.47 bits per heavy atom. The summed E-state index contributed by atoms with van der Waals surface area (Å²) in [6.45, 7) is 5.30. The largest absolute Gasteiger partial charge is 0.480 e. The quantitative estimate of drug-likeness (QED) is 0.782. The standard InChI is InChI=1S/C10H15N3O4/c1-5(2)4-7(10(15)16)12-9(14)8-11-6(3)17-13-8/h5,7H,4H2,1-3H3,(H,12,14)(H,15,16)/t7-/m0/s1. The van der Waals surface area contributed by atoms with Crippen molar-refractivity contribution in [3.05, 3.63) is 11.7 Å². The van der Waals surface area contributed by atoms with Gasteiger partial charge in [0.25, 0.3) is 11.7 Å². The fraction of sp³-hybridized carbons (Fsp3) is 0.600. The molecule has 0 aliphatic rings. The lowest BCUT2D eigenvalue weighted by molar-refractivity contribution is -0.139. The van der Waals surface area contributed by atoms with E-state index in [0.29, 0.717) is 6.42 Å². The average Bonchev–Trinajstić information content (AvgIpc) is 2.63. The molecule has 1 rings (SSSR count). The van der Waals surface area contributed by atoms with E-state index < -0.39 is 17.9 Å². The number of nitrogens with one attached hydrogen (secondary N) is 1. The molecule has 94 valence electrons. The highest BCUT2D eigenvalue weighted by atomic mass is 16.5. The van der Waals surface area contributed by atoms with Crippen molar-refractivity contribution in [2.75, 3.05) is 0 Å². The highest BCUT2D eigenvalue weighted by Crippen LogP contribution is 2.06. The Morgan fingerprint density at radius 3 is 2.53 bits per heavy atom. The Balaban J connectivity index is 2.67. The number of amides is 1. The predicted octanol–water partition coefficient (Wildman–Crippen LogP) is 0.607. The summed E-state index contributed by atoms with van der Waals surface area (Å²) in [5, 5.41) is 14.7. The van der Waals surface area contributed by atoms with Crippen LogP contribution in [0.2, 0.25) is 0 Å². The number of carbonyl (C=O) groups excluding carboxylic acids is 1. The van der Waals surface area contributed by atoms with E-state index in [-0.39, 0.29) is 17.6 Å². The lowest BCUT2D eigenvalue weighted by Crippen LogP contribution is -2.42. The van der Waals surface area contributed by atoms with E-state index >= 15 is 0 Å². The van der Waals surface area contributed by atoms with Crippen LogP contribution in [0.3, 0.4) is 0 Å². The maximum atomic E-state index is 11.6. The zero-order valence-corrected chi connectivity index (χ0v) is 9.93. The second-order valence-electron chi connectivity index (χ2n) is 4.13. The smallest absolute Gasteiger partial charge is 0.326 e. The van der Waals surface area contributed by atoms with Gasteiger partial charge in [0.15, 0.2) is 0 Å². The molecular formula is C10H15N3O4. The number of hydrogen-bond acceptors (Lipinski definition) is 5. The van der Waals surface area contributed by atoms with E-state index in [0.717, 1.165) is 0 Å². The molecule has 17 heavy (non-hydrogen) atoms. The highest BCUT2D eigenvalue weighted by Gasteiger charge is 2.23. The van der Waals surface area contributed by atoms with Gasteiger partial charge in [-0.1, -0.05) is 19.0 Å². The van der Waals surface area contributed by atoms with Crippen LogP contribution in [0.4, 0.5) is 0 Å². The van der Waals surface area contributed by atoms with Gasteiger partial charge >= 0.3 is 5.97 Å². The van der Waals surface area contributed by atoms with Crippen LogP contribution in [0.25, 0.3) is 0 Å². The zero-order valence-electron chi connectivity index (χ0n) is 9.93. The molecule has 1 heterocycles. The number of aliphatic carboxylic acids is 1. The summed E-state index contributed by atoms with van der Waals surface area (Å²) in [5.74, 6) is -1.46. The highest BCUT2D eigenvalue weighted by molar-refractivity contribution is 5.93. The van der Waals surface area contributed by atoms with Crippen LogP contribution in [0.1, 0.15) is 36.8 Å². The molecule has 0 bridgehead atoms. The first-order valence-corrected chi connectivity index (χ1v) is 5.24. The third kappa shape index (κ3) is 3.86. The van der Waals surface area contributed by atoms with E-state index in [4.69, 9.17) is 5.11 Å². The minimum Gasteiger partial charge on any atom is -0.480 e. The maximum absolute atomic E-state index is 11.6. The molecule has 0 spiro atoms. The van der Waals surface area contributed by atoms with Crippen LogP contribution in [-0.2, 0) is 4.79 Å². The van der Waals surface area contributed by atoms with E-state index in [1.54, 1.807) is 6.92 Å². The van der Waals surface area contributed by atoms with E-state index in [9.17, 15) is 9.59 Å². The summed E-state index contributed by atoms with van der Waals surface area (Å²) in [6.07, 6.45) is 0.345. The van der Waals surface area contributed by atoms with Crippen LogP contribution < -0.4 is 5.32 Å². The van der Waals surface area contributed by atoms with Crippen molar-refractivity contribution in [3.63, 3.8) is 0 Å². The van der Waals surface area contributed by atoms with Crippen LogP contribution in [-0.4, -0.2) is 33.2 Å². The third-order valence-corrected chi connectivity index (χ3v) is 2.04. The average molecular weight is 241 g/mol. The van der Waals surface area contributed by atoms with Gasteiger partial charge < -0.3 is 14.9 Å². The van der Waals surface area contributed by atoms with Gasteiger partial charge in [-0.2, -0.15) is 4.98 Å². The van der Waals surface area contributed by atoms with Crippen molar-refractivity contribution in [2.24, 2.45) is 5.92 Å². The molecule has 1 amide bonds. The number of rotatable bonds is 5. The molecule has 7 heteroatoms. The molecule has 7 nitrogen and oxygen atoms in total. The molecule has 1 aromatic rings. The van der Waals surface area contributed by atoms with Crippen molar-refractivity contribution in [2.45, 2.75) is 33.2 Å². The first kappa shape index (κ1) is 13.1. The summed E-state index contributed by atoms with van der Waals surface area (Å²) < 4.78 is 4.64. The Bertz CT molecular complexity index is 413. The monoisotopic (exact) mass is 241 g/mol. The molecule has 1 aromatic heterocycles. The first-order valence-electron chi connectivity index (χ1n) is 5.24. The number of carboxylic acid groups (broad SMARTS) is 1. The fourth-order valence-corrected chi connectivity index (χ4v) is 1.31. The molecule has 0 fully saturated rings. The van der Waals surface area contributed by atoms with Gasteiger partial charge in [-0.15, -0.1) is 0 Å². The fourth-order valence-electron chi connectivity index (χ4n) is 1.31. The summed E-state index contributed by atoms with van der Waals surface area (Å²) >= 11 is 0. The zero-order chi connectivity index (χ0) is 13.0. The van der Waals surface area contributed by atoms with Gasteiger partial charge in [-0.05, 0) is 12.3 Å². The summed E-state index contributed by atoms with van der Waals surface area (Å²) in [5.41, 5.74) is 0. The Kier molecular flexibility index (Phi) is 4.19. The van der Waals surface area contributed by atoms with Gasteiger partial charge in [0.05, 0.1) is 0 Å². The molecular weight excluding hydrogens is 226 g/mol. The minimum absolute atomic E-state index is 0.155. The lowest BCUT2D eigenvalue weighted by atomic mass is 10.0. The summed E-state index contributed by atoms with van der Waals surface area (Å²) in [7, 11) is 0. The lowest BCUT2D eigenvalue weighted by Gasteiger charge is -2.15. The molecule has 2 N–H and O–H groups in total. The summed E-state index contributed by atoms with van der Waals surface area (Å²) in [6, 6.07) is -0.943. The molecule has 0 aliphatic heterocycles. The van der Waals surface area contributed by atoms with Crippen LogP contribution in [0, 0.1) is 12.8 Å². The Hall–Kier alpha value is -1.92. The van der Waals surface area contributed by atoms with Crippen LogP contribution in [0.15, 0.2) is 4.52 Å². The Labute approximate surface area is 98.2 Å². The van der Waals surface area contributed by atoms with E-state index in [1.807, 2.05) is 13.8 Å². The molecule has 0 unspecified atom stereocenters. The second kappa shape index (κ2) is 5.42. The first-order chi connectivity index (χ1) is 7.90. The third-order valence-electron chi connectivity index (χ3n) is 2.04. The van der Waals surface area contributed by atoms with Gasteiger partial charge in [0.1, 0.15) is 6.04 Å². The number of aromatic nitrogens is 2. The maximum Gasteiger partial charge on any atom is 0.326 e. The van der Waals surface area contributed by atoms with E-state index in [2.05, 4.69) is 20.0 Å². The van der Waals surface area contributed by atoms with Gasteiger partial charge in [-0.3, -0.25) is 4.79 Å². The number of carbonyl (C=O) groups is 2. The van der Waals surface area contributed by atoms with Crippen molar-refractivity contribution in [3.8, 4) is 0 Å². The number of hydrogen-bond donors (Lipinski definition) is 2. The molecule has 0 saturated carbocycles. The number of aryl methyl sites for hydroxylation is 1. The molecule has 1 atom stereocenters. The molecule has 0 aromatic carbocycles. The van der Waals surface area contributed by atoms with Crippen molar-refractivity contribution in [1.82, 2.24) is 15.5 Å². The predicted molar refractivity (Wildman–Crippen MR) is 57.4 cm³/mol. The molecule has 0 radical (unpaired) electrons. The van der Waals surface area contributed by atoms with Gasteiger partial charge in [0.2, 0.25) is 5.89 Å². The Morgan fingerprint density at radius 2 is 2.12 bits per heavy atom. The van der Waals surface area contributed by atoms with Crippen molar-refractivity contribution in [1.29, 1.82) is 0 Å². The van der Waals surface area contributed by atoms with Crippen LogP contribution >= 0.6 is 0 Å². The van der Waals surface area contributed by atoms with Gasteiger partial charge in [-0.25, -0.2) is 4.79 Å². The topological polar surface area (TPSA) is 105 Å². The molecule has 0 saturated heterocycles. The second-order valence-corrected chi connectivity index (χ2v) is 4.13. The normalized spacial score (nSPS) is 12.5. The summed E-state index contributed by atoms with van der Waals surface area (Å²) in [4.78, 5) is 26.2. The van der Waals surface area contributed by atoms with Crippen LogP contribution in [0.5, 0.6) is 0 Å². The molecule has 0 aliphatic carbocycles. The SMILES string of the molecule is Cc1nc(C(=O)N[C@@H](CC(C)C)C(=O)O)no1. The van der Waals surface area contributed by atoms with Gasteiger partial charge in [0, 0.05) is 6.92 Å². The van der Waals surface area contributed by atoms with E-state index in [1.165, 1.54) is 0 Å². The van der Waals surface area contributed by atoms with Crippen molar-refractivity contribution < 1.29 is 19.2 Å². The number of nitrogens with zero attached hydrogens (tertiary/aromatic N) is 2. The van der Waals surface area contributed by atoms with Crippen molar-refractivity contribution >= 4 is 11.9 Å². The number of carboxylic acids is 1.